The normalized spacial score (nSPS) is 13.1. The second-order valence-electron chi connectivity index (χ2n) is 4.61. The van der Waals surface area contributed by atoms with Crippen LogP contribution in [0.1, 0.15) is 49.0 Å². The summed E-state index contributed by atoms with van der Waals surface area (Å²) in [4.78, 5) is 12.5. The van der Waals surface area contributed by atoms with Gasteiger partial charge in [0.2, 0.25) is 0 Å². The number of carbonyl (C=O) groups is 1. The summed E-state index contributed by atoms with van der Waals surface area (Å²) in [6, 6.07) is 0. The molecule has 96 valence electrons. The molecule has 0 bridgehead atoms. The molecule has 17 heavy (non-hydrogen) atoms. The van der Waals surface area contributed by atoms with Crippen molar-refractivity contribution >= 4 is 29.0 Å². The standard InChI is InChI=1S/C11H18ClN3OS/c1-6(2)8(12)5-13-11(16)10-9(7(3)4)14-15-17-10/h6-8H,5H2,1-4H3,(H,13,16). The van der Waals surface area contributed by atoms with Crippen molar-refractivity contribution in [2.24, 2.45) is 5.92 Å². The fourth-order valence-electron chi connectivity index (χ4n) is 1.24. The number of rotatable bonds is 5. The van der Waals surface area contributed by atoms with Gasteiger partial charge in [-0.2, -0.15) is 0 Å². The third kappa shape index (κ3) is 3.92. The van der Waals surface area contributed by atoms with Gasteiger partial charge in [0.1, 0.15) is 4.88 Å². The lowest BCUT2D eigenvalue weighted by molar-refractivity contribution is 0.0955. The van der Waals surface area contributed by atoms with Gasteiger partial charge in [0.25, 0.3) is 5.91 Å². The predicted octanol–water partition coefficient (Wildman–Crippen LogP) is 2.65. The average Bonchev–Trinajstić information content (AvgIpc) is 2.73. The Morgan fingerprint density at radius 1 is 1.41 bits per heavy atom. The second-order valence-corrected chi connectivity index (χ2v) is 5.93. The summed E-state index contributed by atoms with van der Waals surface area (Å²) in [6.45, 7) is 8.50. The lowest BCUT2D eigenvalue weighted by Gasteiger charge is -2.13. The summed E-state index contributed by atoms with van der Waals surface area (Å²) >= 11 is 7.21. The van der Waals surface area contributed by atoms with Gasteiger partial charge in [-0.25, -0.2) is 0 Å². The Labute approximate surface area is 111 Å². The van der Waals surface area contributed by atoms with Crippen molar-refractivity contribution in [3.63, 3.8) is 0 Å². The number of aromatic nitrogens is 2. The maximum Gasteiger partial charge on any atom is 0.265 e. The number of hydrogen-bond donors (Lipinski definition) is 1. The number of nitrogens with zero attached hydrogens (tertiary/aromatic N) is 2. The van der Waals surface area contributed by atoms with Crippen LogP contribution in [0.4, 0.5) is 0 Å². The maximum atomic E-state index is 11.9. The van der Waals surface area contributed by atoms with Gasteiger partial charge in [-0.1, -0.05) is 32.2 Å². The van der Waals surface area contributed by atoms with Crippen molar-refractivity contribution in [3.8, 4) is 0 Å². The minimum atomic E-state index is -0.130. The summed E-state index contributed by atoms with van der Waals surface area (Å²) in [5, 5.41) is 6.74. The first kappa shape index (κ1) is 14.4. The van der Waals surface area contributed by atoms with Crippen LogP contribution in [0.25, 0.3) is 0 Å². The molecule has 0 aromatic carbocycles. The zero-order valence-electron chi connectivity index (χ0n) is 10.5. The average molecular weight is 276 g/mol. The molecule has 1 rings (SSSR count). The quantitative estimate of drug-likeness (QED) is 0.841. The monoisotopic (exact) mass is 275 g/mol. The van der Waals surface area contributed by atoms with Crippen molar-refractivity contribution in [3.05, 3.63) is 10.6 Å². The Morgan fingerprint density at radius 3 is 2.59 bits per heavy atom. The summed E-state index contributed by atoms with van der Waals surface area (Å²) in [6.07, 6.45) is 0. The minimum Gasteiger partial charge on any atom is -0.350 e. The Morgan fingerprint density at radius 2 is 2.06 bits per heavy atom. The van der Waals surface area contributed by atoms with E-state index < -0.39 is 0 Å². The predicted molar refractivity (Wildman–Crippen MR) is 70.8 cm³/mol. The van der Waals surface area contributed by atoms with Gasteiger partial charge >= 0.3 is 0 Å². The third-order valence-electron chi connectivity index (χ3n) is 2.45. The number of hydrogen-bond acceptors (Lipinski definition) is 4. The fourth-order valence-corrected chi connectivity index (χ4v) is 2.05. The van der Waals surface area contributed by atoms with E-state index >= 15 is 0 Å². The van der Waals surface area contributed by atoms with E-state index in [0.29, 0.717) is 17.3 Å². The van der Waals surface area contributed by atoms with Gasteiger partial charge in [0.05, 0.1) is 11.1 Å². The molecule has 1 unspecified atom stereocenters. The summed E-state index contributed by atoms with van der Waals surface area (Å²) in [5.41, 5.74) is 0.753. The highest BCUT2D eigenvalue weighted by Gasteiger charge is 2.19. The van der Waals surface area contributed by atoms with Crippen LogP contribution in [0.5, 0.6) is 0 Å². The molecule has 0 spiro atoms. The molecule has 1 N–H and O–H groups in total. The topological polar surface area (TPSA) is 54.9 Å². The molecule has 1 heterocycles. The maximum absolute atomic E-state index is 11.9. The largest absolute Gasteiger partial charge is 0.350 e. The van der Waals surface area contributed by atoms with E-state index in [0.717, 1.165) is 17.2 Å². The van der Waals surface area contributed by atoms with Crippen molar-refractivity contribution in [1.29, 1.82) is 0 Å². The first-order valence-corrected chi connectivity index (χ1v) is 6.89. The Bertz CT molecular complexity index is 379. The van der Waals surface area contributed by atoms with Crippen LogP contribution in [0.3, 0.4) is 0 Å². The van der Waals surface area contributed by atoms with Crippen LogP contribution in [0.15, 0.2) is 0 Å². The molecule has 0 aliphatic carbocycles. The van der Waals surface area contributed by atoms with Crippen LogP contribution in [0.2, 0.25) is 0 Å². The molecule has 4 nitrogen and oxygen atoms in total. The smallest absolute Gasteiger partial charge is 0.265 e. The lowest BCUT2D eigenvalue weighted by Crippen LogP contribution is -2.32. The third-order valence-corrected chi connectivity index (χ3v) is 3.85. The Kier molecular flexibility index (Phi) is 5.33. The van der Waals surface area contributed by atoms with Gasteiger partial charge in [-0.3, -0.25) is 4.79 Å². The van der Waals surface area contributed by atoms with Crippen LogP contribution in [-0.4, -0.2) is 27.4 Å². The van der Waals surface area contributed by atoms with E-state index in [4.69, 9.17) is 11.6 Å². The van der Waals surface area contributed by atoms with Gasteiger partial charge in [0, 0.05) is 6.54 Å². The molecule has 0 saturated heterocycles. The molecule has 1 aromatic rings. The number of carbonyl (C=O) groups excluding carboxylic acids is 1. The molecule has 1 aromatic heterocycles. The number of nitrogens with one attached hydrogen (secondary N) is 1. The molecule has 0 aliphatic rings. The highest BCUT2D eigenvalue weighted by atomic mass is 35.5. The molecule has 1 atom stereocenters. The molecular weight excluding hydrogens is 258 g/mol. The van der Waals surface area contributed by atoms with Crippen molar-refractivity contribution in [2.45, 2.75) is 39.0 Å². The van der Waals surface area contributed by atoms with Crippen LogP contribution in [0, 0.1) is 5.92 Å². The first-order valence-electron chi connectivity index (χ1n) is 5.68. The van der Waals surface area contributed by atoms with E-state index in [1.54, 1.807) is 0 Å². The highest BCUT2D eigenvalue weighted by molar-refractivity contribution is 7.08. The van der Waals surface area contributed by atoms with E-state index in [2.05, 4.69) is 14.9 Å². The second kappa shape index (κ2) is 6.31. The van der Waals surface area contributed by atoms with Crippen molar-refractivity contribution in [1.82, 2.24) is 14.9 Å². The van der Waals surface area contributed by atoms with E-state index in [-0.39, 0.29) is 17.2 Å². The lowest BCUT2D eigenvalue weighted by atomic mass is 10.1. The first-order chi connectivity index (χ1) is 7.93. The Balaban J connectivity index is 2.61. The van der Waals surface area contributed by atoms with Crippen LogP contribution < -0.4 is 5.32 Å². The number of alkyl halides is 1. The number of amides is 1. The van der Waals surface area contributed by atoms with Crippen LogP contribution >= 0.6 is 23.1 Å². The van der Waals surface area contributed by atoms with Crippen molar-refractivity contribution < 1.29 is 4.79 Å². The van der Waals surface area contributed by atoms with E-state index in [1.165, 1.54) is 0 Å². The molecule has 0 fully saturated rings. The molecule has 0 aliphatic heterocycles. The van der Waals surface area contributed by atoms with Gasteiger partial charge < -0.3 is 5.32 Å². The van der Waals surface area contributed by atoms with E-state index in [1.807, 2.05) is 27.7 Å². The van der Waals surface area contributed by atoms with Gasteiger partial charge in [-0.15, -0.1) is 16.7 Å². The molecule has 0 radical (unpaired) electrons. The SMILES string of the molecule is CC(C)c1nnsc1C(=O)NCC(Cl)C(C)C. The summed E-state index contributed by atoms with van der Waals surface area (Å²) < 4.78 is 3.82. The van der Waals surface area contributed by atoms with Gasteiger partial charge in [-0.05, 0) is 23.4 Å². The van der Waals surface area contributed by atoms with Crippen molar-refractivity contribution in [2.75, 3.05) is 6.54 Å². The van der Waals surface area contributed by atoms with E-state index in [9.17, 15) is 4.79 Å². The Hall–Kier alpha value is -0.680. The highest BCUT2D eigenvalue weighted by Crippen LogP contribution is 2.19. The molecular formula is C11H18ClN3OS. The number of halogens is 1. The fraction of sp³-hybridized carbons (Fsp3) is 0.727. The zero-order chi connectivity index (χ0) is 13.0. The minimum absolute atomic E-state index is 0.0534. The molecule has 1 amide bonds. The summed E-state index contributed by atoms with van der Waals surface area (Å²) in [5.74, 6) is 0.405. The summed E-state index contributed by atoms with van der Waals surface area (Å²) in [7, 11) is 0. The zero-order valence-corrected chi connectivity index (χ0v) is 12.1. The molecule has 6 heteroatoms. The molecule has 0 saturated carbocycles. The van der Waals surface area contributed by atoms with Gasteiger partial charge in [0.15, 0.2) is 0 Å². The van der Waals surface area contributed by atoms with Crippen LogP contribution in [-0.2, 0) is 0 Å².